The maximum Gasteiger partial charge on any atom is 0.228 e. The molecule has 2 saturated heterocycles. The zero-order valence-electron chi connectivity index (χ0n) is 18.3. The number of aryl methyl sites for hydroxylation is 1. The van der Waals surface area contributed by atoms with Gasteiger partial charge in [0.2, 0.25) is 11.8 Å². The van der Waals surface area contributed by atoms with Gasteiger partial charge in [0.1, 0.15) is 11.3 Å². The van der Waals surface area contributed by atoms with Crippen LogP contribution in [0.25, 0.3) is 11.1 Å². The van der Waals surface area contributed by atoms with E-state index in [1.54, 1.807) is 18.9 Å². The molecule has 0 N–H and O–H groups in total. The Balaban J connectivity index is 1.22. The van der Waals surface area contributed by atoms with Crippen LogP contribution in [0.15, 0.2) is 46.9 Å². The van der Waals surface area contributed by atoms with Crippen molar-refractivity contribution in [3.8, 4) is 5.75 Å². The molecule has 32 heavy (non-hydrogen) atoms. The van der Waals surface area contributed by atoms with Gasteiger partial charge in [0.15, 0.2) is 11.5 Å². The predicted molar refractivity (Wildman–Crippen MR) is 121 cm³/mol. The molecular formula is C24H26N4O4. The van der Waals surface area contributed by atoms with Crippen LogP contribution in [0, 0.1) is 12.8 Å². The predicted octanol–water partition coefficient (Wildman–Crippen LogP) is 2.85. The van der Waals surface area contributed by atoms with Gasteiger partial charge in [-0.15, -0.1) is 0 Å². The number of aromatic nitrogens is 1. The van der Waals surface area contributed by atoms with Crippen molar-refractivity contribution < 1.29 is 18.7 Å². The summed E-state index contributed by atoms with van der Waals surface area (Å²) in [5.74, 6) is 1.14. The summed E-state index contributed by atoms with van der Waals surface area (Å²) < 4.78 is 10.7. The van der Waals surface area contributed by atoms with Crippen LogP contribution >= 0.6 is 0 Å². The van der Waals surface area contributed by atoms with E-state index in [0.29, 0.717) is 31.1 Å². The van der Waals surface area contributed by atoms with Crippen molar-refractivity contribution in [1.82, 2.24) is 9.88 Å². The molecule has 3 heterocycles. The molecule has 8 heteroatoms. The highest BCUT2D eigenvalue weighted by atomic mass is 16.5. The Morgan fingerprint density at radius 3 is 2.50 bits per heavy atom. The van der Waals surface area contributed by atoms with Crippen molar-refractivity contribution in [3.05, 3.63) is 48.4 Å². The fourth-order valence-electron chi connectivity index (χ4n) is 4.56. The van der Waals surface area contributed by atoms with Gasteiger partial charge in [0.25, 0.3) is 0 Å². The first kappa shape index (κ1) is 20.4. The highest BCUT2D eigenvalue weighted by Gasteiger charge is 2.38. The quantitative estimate of drug-likeness (QED) is 0.628. The fraction of sp³-hybridized carbons (Fsp3) is 0.375. The van der Waals surface area contributed by atoms with Gasteiger partial charge in [0.05, 0.1) is 13.0 Å². The zero-order valence-corrected chi connectivity index (χ0v) is 18.3. The van der Waals surface area contributed by atoms with Gasteiger partial charge >= 0.3 is 0 Å². The molecule has 1 unspecified atom stereocenters. The second kappa shape index (κ2) is 8.18. The number of anilines is 2. The molecule has 0 aliphatic carbocycles. The molecule has 1 aromatic heterocycles. The summed E-state index contributed by atoms with van der Waals surface area (Å²) in [6, 6.07) is 13.5. The Kier molecular flexibility index (Phi) is 5.20. The number of hydrogen-bond donors (Lipinski definition) is 0. The molecule has 8 nitrogen and oxygen atoms in total. The van der Waals surface area contributed by atoms with Crippen LogP contribution in [0.3, 0.4) is 0 Å². The zero-order chi connectivity index (χ0) is 22.2. The molecule has 2 aliphatic heterocycles. The van der Waals surface area contributed by atoms with E-state index in [9.17, 15) is 9.59 Å². The van der Waals surface area contributed by atoms with Gasteiger partial charge < -0.3 is 23.9 Å². The van der Waals surface area contributed by atoms with Crippen LogP contribution in [-0.2, 0) is 9.59 Å². The van der Waals surface area contributed by atoms with E-state index in [1.807, 2.05) is 47.4 Å². The number of oxazole rings is 1. The lowest BCUT2D eigenvalue weighted by Gasteiger charge is -2.37. The Morgan fingerprint density at radius 1 is 1.06 bits per heavy atom. The van der Waals surface area contributed by atoms with Gasteiger partial charge in [-0.3, -0.25) is 9.59 Å². The number of rotatable bonds is 4. The molecule has 3 aromatic rings. The Morgan fingerprint density at radius 2 is 1.78 bits per heavy atom. The highest BCUT2D eigenvalue weighted by molar-refractivity contribution is 6.01. The number of methoxy groups -OCH3 is 1. The fourth-order valence-corrected chi connectivity index (χ4v) is 4.56. The number of carbonyl (C=O) groups is 2. The Hall–Kier alpha value is -3.55. The molecule has 0 radical (unpaired) electrons. The lowest BCUT2D eigenvalue weighted by molar-refractivity contribution is -0.136. The maximum atomic E-state index is 13.1. The van der Waals surface area contributed by atoms with Crippen molar-refractivity contribution in [2.45, 2.75) is 13.3 Å². The van der Waals surface area contributed by atoms with Crippen molar-refractivity contribution in [3.63, 3.8) is 0 Å². The topological polar surface area (TPSA) is 79.1 Å². The maximum absolute atomic E-state index is 13.1. The van der Waals surface area contributed by atoms with Gasteiger partial charge in [-0.05, 0) is 42.5 Å². The summed E-state index contributed by atoms with van der Waals surface area (Å²) in [5, 5.41) is 0. The summed E-state index contributed by atoms with van der Waals surface area (Å²) in [4.78, 5) is 36.1. The molecule has 0 spiro atoms. The molecule has 0 bridgehead atoms. The SMILES string of the molecule is COc1ccc(N2CCN(C(=O)C3CC(=O)N(c4ccc5oc(C)nc5c4)C3)CC2)cc1. The number of fused-ring (bicyclic) bond motifs is 1. The minimum absolute atomic E-state index is 0.0280. The summed E-state index contributed by atoms with van der Waals surface area (Å²) in [7, 11) is 1.65. The van der Waals surface area contributed by atoms with Gasteiger partial charge in [0, 0.05) is 57.4 Å². The van der Waals surface area contributed by atoms with Gasteiger partial charge in [-0.2, -0.15) is 0 Å². The summed E-state index contributed by atoms with van der Waals surface area (Å²) >= 11 is 0. The molecule has 2 aromatic carbocycles. The second-order valence-electron chi connectivity index (χ2n) is 8.30. The third-order valence-corrected chi connectivity index (χ3v) is 6.29. The minimum Gasteiger partial charge on any atom is -0.497 e. The standard InChI is InChI=1S/C24H26N4O4/c1-16-25-21-14-19(5-8-22(21)32-16)28-15-17(13-23(28)29)24(30)27-11-9-26(10-12-27)18-3-6-20(31-2)7-4-18/h3-8,14,17H,9-13,15H2,1-2H3. The van der Waals surface area contributed by atoms with Crippen LogP contribution in [0.4, 0.5) is 11.4 Å². The Labute approximate surface area is 186 Å². The number of carbonyl (C=O) groups excluding carboxylic acids is 2. The normalized spacial score (nSPS) is 19.1. The van der Waals surface area contributed by atoms with Crippen molar-refractivity contribution in [2.75, 3.05) is 49.6 Å². The molecule has 1 atom stereocenters. The van der Waals surface area contributed by atoms with E-state index < -0.39 is 0 Å². The molecule has 166 valence electrons. The van der Waals surface area contributed by atoms with E-state index >= 15 is 0 Å². The van der Waals surface area contributed by atoms with E-state index in [1.165, 1.54) is 0 Å². The van der Waals surface area contributed by atoms with E-state index in [0.717, 1.165) is 35.7 Å². The molecule has 2 fully saturated rings. The number of hydrogen-bond acceptors (Lipinski definition) is 6. The number of ether oxygens (including phenoxy) is 1. The number of benzene rings is 2. The van der Waals surface area contributed by atoms with Crippen molar-refractivity contribution in [1.29, 1.82) is 0 Å². The lowest BCUT2D eigenvalue weighted by atomic mass is 10.1. The number of piperazine rings is 1. The average molecular weight is 434 g/mol. The minimum atomic E-state index is -0.315. The monoisotopic (exact) mass is 434 g/mol. The molecule has 5 rings (SSSR count). The number of nitrogens with zero attached hydrogens (tertiary/aromatic N) is 4. The average Bonchev–Trinajstić information content (AvgIpc) is 3.39. The second-order valence-corrected chi connectivity index (χ2v) is 8.30. The molecule has 2 aliphatic rings. The lowest BCUT2D eigenvalue weighted by Crippen LogP contribution is -2.50. The van der Waals surface area contributed by atoms with Crippen molar-refractivity contribution >= 4 is 34.3 Å². The van der Waals surface area contributed by atoms with E-state index in [4.69, 9.17) is 9.15 Å². The van der Waals surface area contributed by atoms with Crippen LogP contribution in [0.2, 0.25) is 0 Å². The summed E-state index contributed by atoms with van der Waals surface area (Å²) in [6.45, 7) is 5.04. The van der Waals surface area contributed by atoms with Gasteiger partial charge in [-0.1, -0.05) is 0 Å². The first-order valence-corrected chi connectivity index (χ1v) is 10.9. The Bertz CT molecular complexity index is 1150. The van der Waals surface area contributed by atoms with Crippen LogP contribution in [0.1, 0.15) is 12.3 Å². The van der Waals surface area contributed by atoms with Crippen LogP contribution in [0.5, 0.6) is 5.75 Å². The number of amides is 2. The molecule has 2 amide bonds. The highest BCUT2D eigenvalue weighted by Crippen LogP contribution is 2.30. The van der Waals surface area contributed by atoms with Gasteiger partial charge in [-0.25, -0.2) is 4.98 Å². The van der Waals surface area contributed by atoms with Crippen LogP contribution < -0.4 is 14.5 Å². The third-order valence-electron chi connectivity index (χ3n) is 6.29. The summed E-state index contributed by atoms with van der Waals surface area (Å²) in [6.07, 6.45) is 0.243. The first-order chi connectivity index (χ1) is 15.5. The van der Waals surface area contributed by atoms with Crippen molar-refractivity contribution in [2.24, 2.45) is 5.92 Å². The molecule has 0 saturated carbocycles. The smallest absolute Gasteiger partial charge is 0.228 e. The third kappa shape index (κ3) is 3.77. The van der Waals surface area contributed by atoms with E-state index in [-0.39, 0.29) is 24.2 Å². The molecular weight excluding hydrogens is 408 g/mol. The summed E-state index contributed by atoms with van der Waals surface area (Å²) in [5.41, 5.74) is 3.30. The van der Waals surface area contributed by atoms with E-state index in [2.05, 4.69) is 9.88 Å². The largest absolute Gasteiger partial charge is 0.497 e. The van der Waals surface area contributed by atoms with Crippen LogP contribution in [-0.4, -0.2) is 61.5 Å². The first-order valence-electron chi connectivity index (χ1n) is 10.9.